The SMILES string of the molecule is Cc1ccc(C2CC2N)c2ccccc12. The largest absolute Gasteiger partial charge is 0.327 e. The number of nitrogens with two attached hydrogens (primary N) is 1. The topological polar surface area (TPSA) is 26.0 Å². The zero-order valence-corrected chi connectivity index (χ0v) is 8.90. The molecular weight excluding hydrogens is 182 g/mol. The first-order chi connectivity index (χ1) is 7.27. The van der Waals surface area contributed by atoms with Crippen LogP contribution in [0.3, 0.4) is 0 Å². The molecule has 0 heterocycles. The minimum absolute atomic E-state index is 0.385. The minimum Gasteiger partial charge on any atom is -0.327 e. The van der Waals surface area contributed by atoms with E-state index in [0.717, 1.165) is 6.42 Å². The molecule has 0 saturated heterocycles. The van der Waals surface area contributed by atoms with Crippen molar-refractivity contribution in [1.82, 2.24) is 0 Å². The highest BCUT2D eigenvalue weighted by Crippen LogP contribution is 2.42. The fourth-order valence-electron chi connectivity index (χ4n) is 2.37. The van der Waals surface area contributed by atoms with Crippen LogP contribution in [0.1, 0.15) is 23.5 Å². The van der Waals surface area contributed by atoms with Crippen molar-refractivity contribution in [2.75, 3.05) is 0 Å². The van der Waals surface area contributed by atoms with E-state index in [9.17, 15) is 0 Å². The van der Waals surface area contributed by atoms with Gasteiger partial charge >= 0.3 is 0 Å². The maximum absolute atomic E-state index is 5.93. The van der Waals surface area contributed by atoms with E-state index in [1.807, 2.05) is 0 Å². The molecule has 0 radical (unpaired) electrons. The molecule has 0 aromatic heterocycles. The second-order valence-electron chi connectivity index (χ2n) is 4.52. The van der Waals surface area contributed by atoms with Crippen molar-refractivity contribution < 1.29 is 0 Å². The second kappa shape index (κ2) is 3.07. The van der Waals surface area contributed by atoms with Gasteiger partial charge in [-0.05, 0) is 35.2 Å². The maximum atomic E-state index is 5.93. The van der Waals surface area contributed by atoms with Crippen LogP contribution >= 0.6 is 0 Å². The molecule has 2 atom stereocenters. The van der Waals surface area contributed by atoms with Crippen LogP contribution in [0.4, 0.5) is 0 Å². The van der Waals surface area contributed by atoms with E-state index in [-0.39, 0.29) is 0 Å². The lowest BCUT2D eigenvalue weighted by Gasteiger charge is -2.07. The highest BCUT2D eigenvalue weighted by Gasteiger charge is 2.35. The normalized spacial score (nSPS) is 24.4. The van der Waals surface area contributed by atoms with Crippen molar-refractivity contribution >= 4 is 10.8 Å². The third-order valence-corrected chi connectivity index (χ3v) is 3.42. The van der Waals surface area contributed by atoms with Crippen LogP contribution in [0.5, 0.6) is 0 Å². The van der Waals surface area contributed by atoms with E-state index >= 15 is 0 Å². The van der Waals surface area contributed by atoms with Crippen LogP contribution in [0.25, 0.3) is 10.8 Å². The van der Waals surface area contributed by atoms with Gasteiger partial charge in [0, 0.05) is 12.0 Å². The van der Waals surface area contributed by atoms with Crippen LogP contribution < -0.4 is 5.73 Å². The fourth-order valence-corrected chi connectivity index (χ4v) is 2.37. The Balaban J connectivity index is 2.27. The van der Waals surface area contributed by atoms with E-state index in [0.29, 0.717) is 12.0 Å². The summed E-state index contributed by atoms with van der Waals surface area (Å²) < 4.78 is 0. The van der Waals surface area contributed by atoms with Gasteiger partial charge in [-0.25, -0.2) is 0 Å². The Morgan fingerprint density at radius 2 is 1.73 bits per heavy atom. The highest BCUT2D eigenvalue weighted by atomic mass is 14.7. The first-order valence-corrected chi connectivity index (χ1v) is 5.51. The lowest BCUT2D eigenvalue weighted by Crippen LogP contribution is -2.01. The van der Waals surface area contributed by atoms with E-state index < -0.39 is 0 Å². The Morgan fingerprint density at radius 3 is 2.40 bits per heavy atom. The molecule has 2 unspecified atom stereocenters. The molecular formula is C14H15N. The summed E-state index contributed by atoms with van der Waals surface area (Å²) in [6.07, 6.45) is 1.15. The summed E-state index contributed by atoms with van der Waals surface area (Å²) in [6.45, 7) is 2.17. The lowest BCUT2D eigenvalue weighted by molar-refractivity contribution is 0.997. The summed E-state index contributed by atoms with van der Waals surface area (Å²) >= 11 is 0. The van der Waals surface area contributed by atoms with Crippen LogP contribution in [0, 0.1) is 6.92 Å². The predicted octanol–water partition coefficient (Wildman–Crippen LogP) is 2.96. The summed E-state index contributed by atoms with van der Waals surface area (Å²) in [5, 5.41) is 2.75. The van der Waals surface area contributed by atoms with Gasteiger partial charge in [-0.1, -0.05) is 36.4 Å². The highest BCUT2D eigenvalue weighted by molar-refractivity contribution is 5.89. The maximum Gasteiger partial charge on any atom is 0.0115 e. The molecule has 1 heteroatoms. The van der Waals surface area contributed by atoms with E-state index in [2.05, 4.69) is 43.3 Å². The van der Waals surface area contributed by atoms with Crippen molar-refractivity contribution in [2.24, 2.45) is 5.73 Å². The molecule has 0 amide bonds. The number of hydrogen-bond donors (Lipinski definition) is 1. The number of hydrogen-bond acceptors (Lipinski definition) is 1. The van der Waals surface area contributed by atoms with Crippen molar-refractivity contribution in [1.29, 1.82) is 0 Å². The average Bonchev–Trinajstić information content (AvgIpc) is 2.96. The van der Waals surface area contributed by atoms with Gasteiger partial charge in [-0.2, -0.15) is 0 Å². The molecule has 15 heavy (non-hydrogen) atoms. The van der Waals surface area contributed by atoms with Crippen LogP contribution in [0.2, 0.25) is 0 Å². The Kier molecular flexibility index (Phi) is 1.83. The molecule has 0 aliphatic heterocycles. The average molecular weight is 197 g/mol. The summed E-state index contributed by atoms with van der Waals surface area (Å²) in [4.78, 5) is 0. The summed E-state index contributed by atoms with van der Waals surface area (Å²) in [6, 6.07) is 13.5. The van der Waals surface area contributed by atoms with Gasteiger partial charge in [0.25, 0.3) is 0 Å². The van der Waals surface area contributed by atoms with E-state index in [1.54, 1.807) is 0 Å². The number of rotatable bonds is 1. The quantitative estimate of drug-likeness (QED) is 0.747. The summed E-state index contributed by atoms with van der Waals surface area (Å²) in [5.41, 5.74) is 8.71. The van der Waals surface area contributed by atoms with E-state index in [4.69, 9.17) is 5.73 Å². The molecule has 2 N–H and O–H groups in total. The van der Waals surface area contributed by atoms with Crippen LogP contribution in [-0.2, 0) is 0 Å². The molecule has 0 bridgehead atoms. The van der Waals surface area contributed by atoms with Crippen LogP contribution in [0.15, 0.2) is 36.4 Å². The van der Waals surface area contributed by atoms with Crippen molar-refractivity contribution in [3.8, 4) is 0 Å². The third kappa shape index (κ3) is 1.35. The smallest absolute Gasteiger partial charge is 0.0115 e. The number of benzene rings is 2. The predicted molar refractivity (Wildman–Crippen MR) is 64.0 cm³/mol. The number of aryl methyl sites for hydroxylation is 1. The van der Waals surface area contributed by atoms with Crippen molar-refractivity contribution in [3.05, 3.63) is 47.5 Å². The van der Waals surface area contributed by atoms with Crippen molar-refractivity contribution in [3.63, 3.8) is 0 Å². The monoisotopic (exact) mass is 197 g/mol. The van der Waals surface area contributed by atoms with Gasteiger partial charge < -0.3 is 5.73 Å². The minimum atomic E-state index is 0.385. The zero-order chi connectivity index (χ0) is 10.4. The molecule has 0 spiro atoms. The zero-order valence-electron chi connectivity index (χ0n) is 8.90. The molecule has 2 aromatic carbocycles. The van der Waals surface area contributed by atoms with Gasteiger partial charge in [0.1, 0.15) is 0 Å². The molecule has 1 saturated carbocycles. The molecule has 2 aromatic rings. The molecule has 1 aliphatic rings. The molecule has 1 fully saturated rings. The lowest BCUT2D eigenvalue weighted by atomic mass is 9.97. The second-order valence-corrected chi connectivity index (χ2v) is 4.52. The van der Waals surface area contributed by atoms with Gasteiger partial charge in [0.15, 0.2) is 0 Å². The van der Waals surface area contributed by atoms with Gasteiger partial charge in [-0.15, -0.1) is 0 Å². The summed E-state index contributed by atoms with van der Waals surface area (Å²) in [5.74, 6) is 0.593. The molecule has 3 rings (SSSR count). The third-order valence-electron chi connectivity index (χ3n) is 3.42. The number of fused-ring (bicyclic) bond motifs is 1. The fraction of sp³-hybridized carbons (Fsp3) is 0.286. The Hall–Kier alpha value is -1.34. The first kappa shape index (κ1) is 8.93. The Labute approximate surface area is 89.9 Å². The molecule has 1 nitrogen and oxygen atoms in total. The van der Waals surface area contributed by atoms with Gasteiger partial charge in [-0.3, -0.25) is 0 Å². The molecule has 76 valence electrons. The van der Waals surface area contributed by atoms with Crippen LogP contribution in [-0.4, -0.2) is 6.04 Å². The van der Waals surface area contributed by atoms with E-state index in [1.165, 1.54) is 21.9 Å². The molecule has 1 aliphatic carbocycles. The Bertz CT molecular complexity index is 516. The standard InChI is InChI=1S/C14H15N/c1-9-6-7-12(13-8-14(13)15)11-5-3-2-4-10(9)11/h2-7,13-14H,8,15H2,1H3. The van der Waals surface area contributed by atoms with Gasteiger partial charge in [0.2, 0.25) is 0 Å². The first-order valence-electron chi connectivity index (χ1n) is 5.51. The van der Waals surface area contributed by atoms with Crippen molar-refractivity contribution in [2.45, 2.75) is 25.3 Å². The summed E-state index contributed by atoms with van der Waals surface area (Å²) in [7, 11) is 0. The Morgan fingerprint density at radius 1 is 1.07 bits per heavy atom. The van der Waals surface area contributed by atoms with Gasteiger partial charge in [0.05, 0.1) is 0 Å².